The maximum atomic E-state index is 2.36. The van der Waals surface area contributed by atoms with E-state index in [-0.39, 0.29) is 0 Å². The summed E-state index contributed by atoms with van der Waals surface area (Å²) in [5, 5.41) is 0. The van der Waals surface area contributed by atoms with Crippen molar-refractivity contribution in [3.63, 3.8) is 0 Å². The maximum absolute atomic E-state index is 2.36. The third-order valence-corrected chi connectivity index (χ3v) is 2.93. The molecule has 0 radical (unpaired) electrons. The molecule has 0 aliphatic rings. The Labute approximate surface area is 66.0 Å². The second kappa shape index (κ2) is 4.00. The molecule has 0 fully saturated rings. The van der Waals surface area contributed by atoms with E-state index in [2.05, 4.69) is 41.5 Å². The van der Waals surface area contributed by atoms with E-state index in [1.165, 1.54) is 0 Å². The largest absolute Gasteiger partial charge is 0.0625 e. The van der Waals surface area contributed by atoms with E-state index in [0.29, 0.717) is 0 Å². The molecule has 0 nitrogen and oxygen atoms in total. The monoisotopic (exact) mass is 142 g/mol. The summed E-state index contributed by atoms with van der Waals surface area (Å²) in [5.74, 6) is 3.38. The van der Waals surface area contributed by atoms with Gasteiger partial charge < -0.3 is 0 Å². The Hall–Kier alpha value is 0. The standard InChI is InChI=1S/C10H22/c1-7(2)9(5)10(6)8(3)4/h7-10H,1-6H3/t9-,10?/m1/s1. The summed E-state index contributed by atoms with van der Waals surface area (Å²) in [5.41, 5.74) is 0. The van der Waals surface area contributed by atoms with E-state index >= 15 is 0 Å². The van der Waals surface area contributed by atoms with Crippen LogP contribution in [0.1, 0.15) is 41.5 Å². The molecule has 0 spiro atoms. The Balaban J connectivity index is 3.81. The van der Waals surface area contributed by atoms with Crippen LogP contribution in [0.4, 0.5) is 0 Å². The highest BCUT2D eigenvalue weighted by Gasteiger charge is 2.17. The average molecular weight is 142 g/mol. The van der Waals surface area contributed by atoms with Crippen molar-refractivity contribution >= 4 is 0 Å². The summed E-state index contributed by atoms with van der Waals surface area (Å²) in [6.07, 6.45) is 0. The first-order chi connectivity index (χ1) is 4.46. The summed E-state index contributed by atoms with van der Waals surface area (Å²) in [7, 11) is 0. The van der Waals surface area contributed by atoms with Crippen molar-refractivity contribution in [2.75, 3.05) is 0 Å². The minimum atomic E-state index is 0.831. The molecular weight excluding hydrogens is 120 g/mol. The predicted molar refractivity (Wildman–Crippen MR) is 48.0 cm³/mol. The molecule has 0 saturated heterocycles. The molecule has 0 aromatic heterocycles. The average Bonchev–Trinajstić information content (AvgIpc) is 1.84. The molecule has 0 amide bonds. The second-order valence-corrected chi connectivity index (χ2v) is 4.21. The summed E-state index contributed by atoms with van der Waals surface area (Å²) >= 11 is 0. The van der Waals surface area contributed by atoms with Gasteiger partial charge in [0.25, 0.3) is 0 Å². The van der Waals surface area contributed by atoms with Crippen molar-refractivity contribution < 1.29 is 0 Å². The smallest absolute Gasteiger partial charge is 0.0391 e. The molecular formula is C10H22. The lowest BCUT2D eigenvalue weighted by Crippen LogP contribution is -2.18. The number of hydrogen-bond donors (Lipinski definition) is 0. The van der Waals surface area contributed by atoms with Crippen LogP contribution in [0.25, 0.3) is 0 Å². The number of rotatable bonds is 3. The van der Waals surface area contributed by atoms with Gasteiger partial charge in [-0.3, -0.25) is 0 Å². The van der Waals surface area contributed by atoms with Crippen molar-refractivity contribution in [2.45, 2.75) is 41.5 Å². The molecule has 10 heavy (non-hydrogen) atoms. The van der Waals surface area contributed by atoms with Crippen LogP contribution >= 0.6 is 0 Å². The highest BCUT2D eigenvalue weighted by Crippen LogP contribution is 2.25. The zero-order valence-corrected chi connectivity index (χ0v) is 8.31. The van der Waals surface area contributed by atoms with Crippen molar-refractivity contribution in [1.82, 2.24) is 0 Å². The van der Waals surface area contributed by atoms with Crippen LogP contribution in [-0.4, -0.2) is 0 Å². The van der Waals surface area contributed by atoms with E-state index in [0.717, 1.165) is 23.7 Å². The lowest BCUT2D eigenvalue weighted by molar-refractivity contribution is 0.235. The molecule has 0 heterocycles. The summed E-state index contributed by atoms with van der Waals surface area (Å²) in [6, 6.07) is 0. The summed E-state index contributed by atoms with van der Waals surface area (Å²) < 4.78 is 0. The van der Waals surface area contributed by atoms with Gasteiger partial charge in [-0.2, -0.15) is 0 Å². The van der Waals surface area contributed by atoms with Gasteiger partial charge in [0, 0.05) is 0 Å². The van der Waals surface area contributed by atoms with Gasteiger partial charge in [0.2, 0.25) is 0 Å². The first kappa shape index (κ1) is 10.0. The highest BCUT2D eigenvalue weighted by atomic mass is 14.2. The molecule has 0 saturated carbocycles. The van der Waals surface area contributed by atoms with Crippen molar-refractivity contribution in [2.24, 2.45) is 23.7 Å². The normalized spacial score (nSPS) is 18.0. The minimum Gasteiger partial charge on any atom is -0.0625 e. The van der Waals surface area contributed by atoms with E-state index in [1.807, 2.05) is 0 Å². The summed E-state index contributed by atoms with van der Waals surface area (Å²) in [4.78, 5) is 0. The first-order valence-electron chi connectivity index (χ1n) is 4.46. The molecule has 0 N–H and O–H groups in total. The van der Waals surface area contributed by atoms with Crippen LogP contribution in [0.2, 0.25) is 0 Å². The van der Waals surface area contributed by atoms with Crippen LogP contribution in [0.3, 0.4) is 0 Å². The van der Waals surface area contributed by atoms with Gasteiger partial charge in [-0.15, -0.1) is 0 Å². The van der Waals surface area contributed by atoms with E-state index in [4.69, 9.17) is 0 Å². The molecule has 0 aliphatic heterocycles. The Morgan fingerprint density at radius 2 is 0.700 bits per heavy atom. The Kier molecular flexibility index (Phi) is 4.00. The third kappa shape index (κ3) is 2.72. The lowest BCUT2D eigenvalue weighted by Gasteiger charge is -2.26. The fourth-order valence-corrected chi connectivity index (χ4v) is 1.21. The van der Waals surface area contributed by atoms with Crippen molar-refractivity contribution in [3.8, 4) is 0 Å². The van der Waals surface area contributed by atoms with E-state index < -0.39 is 0 Å². The minimum absolute atomic E-state index is 0.831. The molecule has 62 valence electrons. The van der Waals surface area contributed by atoms with Crippen LogP contribution in [0, 0.1) is 23.7 Å². The van der Waals surface area contributed by atoms with Crippen molar-refractivity contribution in [1.29, 1.82) is 0 Å². The Morgan fingerprint density at radius 1 is 0.500 bits per heavy atom. The van der Waals surface area contributed by atoms with Gasteiger partial charge in [-0.05, 0) is 23.7 Å². The van der Waals surface area contributed by atoms with E-state index in [9.17, 15) is 0 Å². The van der Waals surface area contributed by atoms with Crippen molar-refractivity contribution in [3.05, 3.63) is 0 Å². The van der Waals surface area contributed by atoms with Gasteiger partial charge in [-0.25, -0.2) is 0 Å². The lowest BCUT2D eigenvalue weighted by atomic mass is 9.80. The molecule has 0 aliphatic carbocycles. The van der Waals surface area contributed by atoms with Gasteiger partial charge >= 0.3 is 0 Å². The van der Waals surface area contributed by atoms with Crippen LogP contribution in [0.15, 0.2) is 0 Å². The molecule has 0 aromatic carbocycles. The van der Waals surface area contributed by atoms with Gasteiger partial charge in [-0.1, -0.05) is 41.5 Å². The third-order valence-electron chi connectivity index (χ3n) is 2.93. The molecule has 0 bridgehead atoms. The maximum Gasteiger partial charge on any atom is -0.0391 e. The Morgan fingerprint density at radius 3 is 0.800 bits per heavy atom. The molecule has 0 aromatic rings. The summed E-state index contributed by atoms with van der Waals surface area (Å²) in [6.45, 7) is 13.9. The van der Waals surface area contributed by atoms with Gasteiger partial charge in [0.15, 0.2) is 0 Å². The zero-order chi connectivity index (χ0) is 8.31. The zero-order valence-electron chi connectivity index (χ0n) is 8.31. The second-order valence-electron chi connectivity index (χ2n) is 4.21. The number of hydrogen-bond acceptors (Lipinski definition) is 0. The molecule has 2 atom stereocenters. The fourth-order valence-electron chi connectivity index (χ4n) is 1.21. The first-order valence-corrected chi connectivity index (χ1v) is 4.46. The van der Waals surface area contributed by atoms with Crippen LogP contribution in [0.5, 0.6) is 0 Å². The highest BCUT2D eigenvalue weighted by molar-refractivity contribution is 4.67. The Bertz CT molecular complexity index is 70.0. The van der Waals surface area contributed by atoms with Gasteiger partial charge in [0.1, 0.15) is 0 Å². The molecule has 0 rings (SSSR count). The molecule has 0 heteroatoms. The predicted octanol–water partition coefficient (Wildman–Crippen LogP) is 3.57. The van der Waals surface area contributed by atoms with Crippen LogP contribution < -0.4 is 0 Å². The fraction of sp³-hybridized carbons (Fsp3) is 1.00. The van der Waals surface area contributed by atoms with Crippen LogP contribution in [-0.2, 0) is 0 Å². The molecule has 1 unspecified atom stereocenters. The van der Waals surface area contributed by atoms with E-state index in [1.54, 1.807) is 0 Å². The van der Waals surface area contributed by atoms with Gasteiger partial charge in [0.05, 0.1) is 0 Å². The topological polar surface area (TPSA) is 0 Å². The quantitative estimate of drug-likeness (QED) is 0.565. The SMILES string of the molecule is CC(C)C(C)[C@H](C)C(C)C.